The Kier molecular flexibility index (Phi) is 2.82. The number of carbonyl (C=O) groups is 1. The number of carboxylic acid groups (broad SMARTS) is 1. The smallest absolute Gasteiger partial charge is 0.322 e. The lowest BCUT2D eigenvalue weighted by atomic mass is 10.1. The van der Waals surface area contributed by atoms with E-state index in [1.165, 1.54) is 0 Å². The minimum absolute atomic E-state index is 0.132. The van der Waals surface area contributed by atoms with Crippen molar-refractivity contribution in [1.82, 2.24) is 4.98 Å². The van der Waals surface area contributed by atoms with Crippen molar-refractivity contribution in [2.75, 3.05) is 17.6 Å². The maximum atomic E-state index is 10.6. The molecule has 17 heavy (non-hydrogen) atoms. The van der Waals surface area contributed by atoms with Crippen LogP contribution in [0.4, 0.5) is 11.4 Å². The van der Waals surface area contributed by atoms with E-state index in [9.17, 15) is 4.79 Å². The average Bonchev–Trinajstić information content (AvgIpc) is 2.26. The van der Waals surface area contributed by atoms with Crippen molar-refractivity contribution < 1.29 is 9.90 Å². The van der Waals surface area contributed by atoms with Gasteiger partial charge in [0.15, 0.2) is 0 Å². The van der Waals surface area contributed by atoms with E-state index in [0.717, 1.165) is 22.3 Å². The zero-order valence-electron chi connectivity index (χ0n) is 9.40. The molecule has 4 N–H and O–H groups in total. The van der Waals surface area contributed by atoms with Crippen LogP contribution in [0.15, 0.2) is 24.3 Å². The molecule has 0 atom stereocenters. The Bertz CT molecular complexity index is 581. The molecule has 0 aliphatic heterocycles. The molecule has 5 heteroatoms. The van der Waals surface area contributed by atoms with Gasteiger partial charge in [0.05, 0.1) is 5.52 Å². The van der Waals surface area contributed by atoms with Crippen LogP contribution in [0.5, 0.6) is 0 Å². The monoisotopic (exact) mass is 231 g/mol. The van der Waals surface area contributed by atoms with Crippen LogP contribution in [0.25, 0.3) is 10.9 Å². The summed E-state index contributed by atoms with van der Waals surface area (Å²) >= 11 is 0. The Labute approximate surface area is 98.3 Å². The molecule has 0 saturated carbocycles. The first-order valence-electron chi connectivity index (χ1n) is 5.19. The summed E-state index contributed by atoms with van der Waals surface area (Å²) in [7, 11) is 0. The molecule has 0 unspecified atom stereocenters. The van der Waals surface area contributed by atoms with E-state index < -0.39 is 5.97 Å². The Morgan fingerprint density at radius 2 is 2.24 bits per heavy atom. The normalized spacial score (nSPS) is 10.4. The number of nitrogens with two attached hydrogens (primary N) is 1. The fourth-order valence-electron chi connectivity index (χ4n) is 1.69. The van der Waals surface area contributed by atoms with E-state index in [1.807, 2.05) is 19.1 Å². The minimum Gasteiger partial charge on any atom is -0.480 e. The third-order valence-corrected chi connectivity index (χ3v) is 2.39. The number of rotatable bonds is 3. The lowest BCUT2D eigenvalue weighted by molar-refractivity contribution is -0.134. The third kappa shape index (κ3) is 2.44. The largest absolute Gasteiger partial charge is 0.480 e. The Morgan fingerprint density at radius 1 is 1.47 bits per heavy atom. The van der Waals surface area contributed by atoms with Gasteiger partial charge in [0.1, 0.15) is 6.54 Å². The van der Waals surface area contributed by atoms with Crippen molar-refractivity contribution in [2.45, 2.75) is 6.92 Å². The molecule has 5 nitrogen and oxygen atoms in total. The molecule has 0 bridgehead atoms. The highest BCUT2D eigenvalue weighted by Gasteiger charge is 2.05. The standard InChI is InChI=1S/C12H13N3O2/c1-7-4-11(14-6-12(16)17)9-5-8(13)2-3-10(9)15-7/h2-5H,6,13H2,1H3,(H,14,15)(H,16,17). The maximum Gasteiger partial charge on any atom is 0.322 e. The summed E-state index contributed by atoms with van der Waals surface area (Å²) in [6, 6.07) is 7.19. The molecular formula is C12H13N3O2. The van der Waals surface area contributed by atoms with Gasteiger partial charge in [-0.05, 0) is 31.2 Å². The number of anilines is 2. The number of hydrogen-bond acceptors (Lipinski definition) is 4. The van der Waals surface area contributed by atoms with Gasteiger partial charge in [0.25, 0.3) is 0 Å². The van der Waals surface area contributed by atoms with Gasteiger partial charge >= 0.3 is 5.97 Å². The van der Waals surface area contributed by atoms with Crippen molar-refractivity contribution in [3.05, 3.63) is 30.0 Å². The molecule has 0 radical (unpaired) electrons. The first-order chi connectivity index (χ1) is 8.06. The summed E-state index contributed by atoms with van der Waals surface area (Å²) < 4.78 is 0. The summed E-state index contributed by atoms with van der Waals surface area (Å²) in [6.45, 7) is 1.73. The molecule has 1 aromatic carbocycles. The van der Waals surface area contributed by atoms with Crippen LogP contribution >= 0.6 is 0 Å². The van der Waals surface area contributed by atoms with Gasteiger partial charge in [-0.15, -0.1) is 0 Å². The summed E-state index contributed by atoms with van der Waals surface area (Å²) in [5, 5.41) is 12.4. The lowest BCUT2D eigenvalue weighted by Gasteiger charge is -2.09. The predicted molar refractivity (Wildman–Crippen MR) is 67.0 cm³/mol. The molecule has 0 aliphatic rings. The highest BCUT2D eigenvalue weighted by molar-refractivity contribution is 5.94. The molecule has 2 rings (SSSR count). The number of aromatic nitrogens is 1. The second kappa shape index (κ2) is 4.29. The fourth-order valence-corrected chi connectivity index (χ4v) is 1.69. The summed E-state index contributed by atoms with van der Waals surface area (Å²) in [5.74, 6) is -0.906. The van der Waals surface area contributed by atoms with Crippen molar-refractivity contribution in [2.24, 2.45) is 0 Å². The van der Waals surface area contributed by atoms with E-state index >= 15 is 0 Å². The van der Waals surface area contributed by atoms with Gasteiger partial charge in [-0.1, -0.05) is 0 Å². The maximum absolute atomic E-state index is 10.6. The minimum atomic E-state index is -0.906. The summed E-state index contributed by atoms with van der Waals surface area (Å²) in [6.07, 6.45) is 0. The van der Waals surface area contributed by atoms with Gasteiger partial charge in [0, 0.05) is 22.5 Å². The van der Waals surface area contributed by atoms with Crippen molar-refractivity contribution in [3.8, 4) is 0 Å². The van der Waals surface area contributed by atoms with Gasteiger partial charge in [-0.2, -0.15) is 0 Å². The van der Waals surface area contributed by atoms with Crippen LogP contribution in [0.1, 0.15) is 5.69 Å². The first-order valence-corrected chi connectivity index (χ1v) is 5.19. The molecule has 1 heterocycles. The number of hydrogen-bond donors (Lipinski definition) is 3. The lowest BCUT2D eigenvalue weighted by Crippen LogP contribution is -2.12. The number of aryl methyl sites for hydroxylation is 1. The number of carboxylic acids is 1. The molecule has 2 aromatic rings. The van der Waals surface area contributed by atoms with Gasteiger partial charge in [-0.25, -0.2) is 0 Å². The molecular weight excluding hydrogens is 218 g/mol. The predicted octanol–water partition coefficient (Wildman–Crippen LogP) is 1.62. The Morgan fingerprint density at radius 3 is 2.94 bits per heavy atom. The quantitative estimate of drug-likeness (QED) is 0.698. The van der Waals surface area contributed by atoms with Gasteiger partial charge in [0.2, 0.25) is 0 Å². The van der Waals surface area contributed by atoms with Crippen LogP contribution in [-0.2, 0) is 4.79 Å². The highest BCUT2D eigenvalue weighted by atomic mass is 16.4. The molecule has 0 amide bonds. The number of nitrogen functional groups attached to an aromatic ring is 1. The Hall–Kier alpha value is -2.30. The highest BCUT2D eigenvalue weighted by Crippen LogP contribution is 2.24. The third-order valence-electron chi connectivity index (χ3n) is 2.39. The van der Waals surface area contributed by atoms with E-state index in [2.05, 4.69) is 10.3 Å². The zero-order chi connectivity index (χ0) is 12.4. The Balaban J connectivity index is 2.51. The number of fused-ring (bicyclic) bond motifs is 1. The van der Waals surface area contributed by atoms with E-state index in [0.29, 0.717) is 5.69 Å². The van der Waals surface area contributed by atoms with E-state index in [-0.39, 0.29) is 6.54 Å². The second-order valence-electron chi connectivity index (χ2n) is 3.84. The topological polar surface area (TPSA) is 88.2 Å². The van der Waals surface area contributed by atoms with E-state index in [4.69, 9.17) is 10.8 Å². The van der Waals surface area contributed by atoms with Crippen LogP contribution in [-0.4, -0.2) is 22.6 Å². The van der Waals surface area contributed by atoms with E-state index in [1.54, 1.807) is 12.1 Å². The number of aliphatic carboxylic acids is 1. The average molecular weight is 231 g/mol. The number of pyridine rings is 1. The first kappa shape index (κ1) is 11.2. The van der Waals surface area contributed by atoms with Crippen molar-refractivity contribution >= 4 is 28.2 Å². The van der Waals surface area contributed by atoms with Crippen LogP contribution in [0.2, 0.25) is 0 Å². The van der Waals surface area contributed by atoms with Crippen LogP contribution in [0.3, 0.4) is 0 Å². The second-order valence-corrected chi connectivity index (χ2v) is 3.84. The van der Waals surface area contributed by atoms with Crippen molar-refractivity contribution in [3.63, 3.8) is 0 Å². The molecule has 0 saturated heterocycles. The van der Waals surface area contributed by atoms with Crippen LogP contribution in [0, 0.1) is 6.92 Å². The van der Waals surface area contributed by atoms with Gasteiger partial charge in [-0.3, -0.25) is 9.78 Å². The molecule has 88 valence electrons. The van der Waals surface area contributed by atoms with Crippen LogP contribution < -0.4 is 11.1 Å². The summed E-state index contributed by atoms with van der Waals surface area (Å²) in [4.78, 5) is 14.9. The number of benzene rings is 1. The molecule has 1 aromatic heterocycles. The molecule has 0 spiro atoms. The number of nitrogens with one attached hydrogen (secondary N) is 1. The fraction of sp³-hybridized carbons (Fsp3) is 0.167. The molecule has 0 fully saturated rings. The van der Waals surface area contributed by atoms with Gasteiger partial charge < -0.3 is 16.2 Å². The van der Waals surface area contributed by atoms with Crippen molar-refractivity contribution in [1.29, 1.82) is 0 Å². The summed E-state index contributed by atoms with van der Waals surface area (Å²) in [5.41, 5.74) is 8.71. The SMILES string of the molecule is Cc1cc(NCC(=O)O)c2cc(N)ccc2n1. The number of nitrogens with zero attached hydrogens (tertiary/aromatic N) is 1. The zero-order valence-corrected chi connectivity index (χ0v) is 9.40. The molecule has 0 aliphatic carbocycles.